The summed E-state index contributed by atoms with van der Waals surface area (Å²) in [6.45, 7) is 4.44. The maximum Gasteiger partial charge on any atom is 0.330 e. The van der Waals surface area contributed by atoms with Crippen LogP contribution >= 0.6 is 12.4 Å². The zero-order valence-corrected chi connectivity index (χ0v) is 15.9. The minimum Gasteiger partial charge on any atom is -0.467 e. The van der Waals surface area contributed by atoms with Gasteiger partial charge in [-0.25, -0.2) is 4.79 Å². The summed E-state index contributed by atoms with van der Waals surface area (Å²) in [5, 5.41) is 2.65. The van der Waals surface area contributed by atoms with E-state index in [1.807, 2.05) is 44.2 Å². The van der Waals surface area contributed by atoms with Gasteiger partial charge in [0.05, 0.1) is 20.3 Å². The van der Waals surface area contributed by atoms with Crippen molar-refractivity contribution in [3.05, 3.63) is 35.9 Å². The molecule has 1 aromatic carbocycles. The van der Waals surface area contributed by atoms with Crippen LogP contribution < -0.4 is 11.1 Å². The van der Waals surface area contributed by atoms with E-state index in [2.05, 4.69) is 5.32 Å². The van der Waals surface area contributed by atoms with E-state index in [4.69, 9.17) is 15.2 Å². The van der Waals surface area contributed by atoms with E-state index >= 15 is 0 Å². The molecule has 0 aliphatic rings. The van der Waals surface area contributed by atoms with Crippen molar-refractivity contribution in [2.45, 2.75) is 45.4 Å². The summed E-state index contributed by atoms with van der Waals surface area (Å²) in [7, 11) is 1.29. The van der Waals surface area contributed by atoms with Gasteiger partial charge in [0, 0.05) is 12.5 Å². The number of methoxy groups -OCH3 is 1. The van der Waals surface area contributed by atoms with Gasteiger partial charge in [-0.1, -0.05) is 44.2 Å². The fraction of sp³-hybridized carbons (Fsp3) is 0.556. The summed E-state index contributed by atoms with van der Waals surface area (Å²) in [6, 6.07) is 8.75. The molecule has 0 saturated heterocycles. The monoisotopic (exact) mass is 372 g/mol. The lowest BCUT2D eigenvalue weighted by Gasteiger charge is -2.18. The maximum absolute atomic E-state index is 12.0. The second-order valence-electron chi connectivity index (χ2n) is 6.09. The molecule has 1 unspecified atom stereocenters. The van der Waals surface area contributed by atoms with Crippen LogP contribution in [0.3, 0.4) is 0 Å². The van der Waals surface area contributed by atoms with E-state index in [-0.39, 0.29) is 37.4 Å². The lowest BCUT2D eigenvalue weighted by atomic mass is 10.0. The van der Waals surface area contributed by atoms with Gasteiger partial charge in [0.25, 0.3) is 0 Å². The quantitative estimate of drug-likeness (QED) is 0.613. The number of carbonyl (C=O) groups is 2. The molecule has 6 nitrogen and oxygen atoms in total. The van der Waals surface area contributed by atoms with Crippen molar-refractivity contribution in [1.82, 2.24) is 5.32 Å². The number of halogens is 1. The van der Waals surface area contributed by atoms with E-state index < -0.39 is 12.0 Å². The molecule has 0 aliphatic heterocycles. The fourth-order valence-corrected chi connectivity index (χ4v) is 2.08. The van der Waals surface area contributed by atoms with Crippen LogP contribution in [0.15, 0.2) is 30.3 Å². The molecular weight excluding hydrogens is 344 g/mol. The maximum atomic E-state index is 12.0. The van der Waals surface area contributed by atoms with Crippen molar-refractivity contribution in [3.8, 4) is 0 Å². The molecular formula is C18H29ClN2O4. The first-order chi connectivity index (χ1) is 11.4. The van der Waals surface area contributed by atoms with Crippen LogP contribution in [0.2, 0.25) is 0 Å². The van der Waals surface area contributed by atoms with Crippen LogP contribution in [0, 0.1) is 5.92 Å². The standard InChI is InChI=1S/C18H28N2O4.ClH/c1-13(2)15(19)9-10-17(21)20-16(18(22)23-3)12-24-11-14-7-5-4-6-8-14;/h4-8,13,15-16H,9-12,19H2,1-3H3,(H,20,21);1H/t15?,16-;/m0./s1. The number of carbonyl (C=O) groups excluding carboxylic acids is 2. The Kier molecular flexibility index (Phi) is 11.9. The predicted molar refractivity (Wildman–Crippen MR) is 99.3 cm³/mol. The Morgan fingerprint density at radius 3 is 2.40 bits per heavy atom. The van der Waals surface area contributed by atoms with E-state index in [1.165, 1.54) is 7.11 Å². The number of amides is 1. The summed E-state index contributed by atoms with van der Waals surface area (Å²) >= 11 is 0. The van der Waals surface area contributed by atoms with Gasteiger partial charge >= 0.3 is 5.97 Å². The van der Waals surface area contributed by atoms with Crippen LogP contribution in [-0.2, 0) is 25.7 Å². The van der Waals surface area contributed by atoms with Gasteiger partial charge in [0.15, 0.2) is 6.04 Å². The van der Waals surface area contributed by atoms with Crippen molar-refractivity contribution in [3.63, 3.8) is 0 Å². The van der Waals surface area contributed by atoms with Gasteiger partial charge in [-0.3, -0.25) is 4.79 Å². The number of ether oxygens (including phenoxy) is 2. The Morgan fingerprint density at radius 1 is 1.20 bits per heavy atom. The molecule has 7 heteroatoms. The molecule has 1 amide bonds. The summed E-state index contributed by atoms with van der Waals surface area (Å²) < 4.78 is 10.3. The SMILES string of the molecule is COC(=O)[C@H](COCc1ccccc1)NC(=O)CCC(N)C(C)C.Cl. The molecule has 0 bridgehead atoms. The zero-order chi connectivity index (χ0) is 17.9. The summed E-state index contributed by atoms with van der Waals surface area (Å²) in [4.78, 5) is 23.8. The highest BCUT2D eigenvalue weighted by molar-refractivity contribution is 5.85. The van der Waals surface area contributed by atoms with Crippen LogP contribution in [-0.4, -0.2) is 37.7 Å². The number of benzene rings is 1. The molecule has 142 valence electrons. The lowest BCUT2D eigenvalue weighted by molar-refractivity contribution is -0.147. The van der Waals surface area contributed by atoms with Crippen molar-refractivity contribution < 1.29 is 19.1 Å². The van der Waals surface area contributed by atoms with Gasteiger partial charge in [-0.05, 0) is 17.9 Å². The molecule has 2 atom stereocenters. The molecule has 0 saturated carbocycles. The minimum absolute atomic E-state index is 0. The molecule has 0 heterocycles. The van der Waals surface area contributed by atoms with Crippen molar-refractivity contribution in [1.29, 1.82) is 0 Å². The highest BCUT2D eigenvalue weighted by atomic mass is 35.5. The number of nitrogens with two attached hydrogens (primary N) is 1. The molecule has 0 fully saturated rings. The third-order valence-electron chi connectivity index (χ3n) is 3.78. The van der Waals surface area contributed by atoms with Gasteiger partial charge in [-0.15, -0.1) is 12.4 Å². The van der Waals surface area contributed by atoms with Crippen LogP contribution in [0.25, 0.3) is 0 Å². The normalized spacial score (nSPS) is 12.8. The number of nitrogens with one attached hydrogen (secondary N) is 1. The molecule has 0 aromatic heterocycles. The largest absolute Gasteiger partial charge is 0.467 e. The van der Waals surface area contributed by atoms with Gasteiger partial charge < -0.3 is 20.5 Å². The molecule has 0 spiro atoms. The third-order valence-corrected chi connectivity index (χ3v) is 3.78. The average molecular weight is 373 g/mol. The lowest BCUT2D eigenvalue weighted by Crippen LogP contribution is -2.45. The summed E-state index contributed by atoms with van der Waals surface area (Å²) in [5.74, 6) is -0.446. The first-order valence-corrected chi connectivity index (χ1v) is 8.18. The highest BCUT2D eigenvalue weighted by Crippen LogP contribution is 2.06. The second-order valence-corrected chi connectivity index (χ2v) is 6.09. The first-order valence-electron chi connectivity index (χ1n) is 8.18. The molecule has 0 radical (unpaired) electrons. The Balaban J connectivity index is 0.00000576. The topological polar surface area (TPSA) is 90.6 Å². The summed E-state index contributed by atoms with van der Waals surface area (Å²) in [5.41, 5.74) is 6.93. The Morgan fingerprint density at radius 2 is 1.84 bits per heavy atom. The third kappa shape index (κ3) is 9.43. The van der Waals surface area contributed by atoms with Crippen molar-refractivity contribution >= 4 is 24.3 Å². The highest BCUT2D eigenvalue weighted by Gasteiger charge is 2.22. The molecule has 1 aromatic rings. The van der Waals surface area contributed by atoms with Gasteiger partial charge in [0.2, 0.25) is 5.91 Å². The first kappa shape index (κ1) is 23.4. The fourth-order valence-electron chi connectivity index (χ4n) is 2.08. The second kappa shape index (κ2) is 12.7. The molecule has 3 N–H and O–H groups in total. The summed E-state index contributed by atoms with van der Waals surface area (Å²) in [6.07, 6.45) is 0.841. The number of rotatable bonds is 10. The van der Waals surface area contributed by atoms with E-state index in [0.717, 1.165) is 5.56 Å². The Hall–Kier alpha value is -1.63. The number of esters is 1. The zero-order valence-electron chi connectivity index (χ0n) is 15.1. The van der Waals surface area contributed by atoms with Crippen molar-refractivity contribution in [2.75, 3.05) is 13.7 Å². The average Bonchev–Trinajstić information content (AvgIpc) is 2.58. The van der Waals surface area contributed by atoms with E-state index in [1.54, 1.807) is 0 Å². The minimum atomic E-state index is -0.818. The number of hydrogen-bond donors (Lipinski definition) is 2. The van der Waals surface area contributed by atoms with Crippen molar-refractivity contribution in [2.24, 2.45) is 11.7 Å². The van der Waals surface area contributed by atoms with Crippen LogP contribution in [0.1, 0.15) is 32.3 Å². The van der Waals surface area contributed by atoms with Gasteiger partial charge in [-0.2, -0.15) is 0 Å². The van der Waals surface area contributed by atoms with E-state index in [0.29, 0.717) is 18.9 Å². The number of hydrogen-bond acceptors (Lipinski definition) is 5. The Bertz CT molecular complexity index is 511. The predicted octanol–water partition coefficient (Wildman–Crippen LogP) is 2.05. The smallest absolute Gasteiger partial charge is 0.330 e. The Labute approximate surface area is 155 Å². The molecule has 1 rings (SSSR count). The molecule has 25 heavy (non-hydrogen) atoms. The molecule has 0 aliphatic carbocycles. The van der Waals surface area contributed by atoms with Crippen LogP contribution in [0.5, 0.6) is 0 Å². The van der Waals surface area contributed by atoms with Crippen LogP contribution in [0.4, 0.5) is 0 Å². The van der Waals surface area contributed by atoms with E-state index in [9.17, 15) is 9.59 Å². The van der Waals surface area contributed by atoms with Gasteiger partial charge in [0.1, 0.15) is 0 Å².